The van der Waals surface area contributed by atoms with E-state index in [4.69, 9.17) is 4.74 Å². The van der Waals surface area contributed by atoms with Gasteiger partial charge in [-0.15, -0.1) is 0 Å². The molecule has 6 nitrogen and oxygen atoms in total. The van der Waals surface area contributed by atoms with E-state index in [9.17, 15) is 13.2 Å². The molecule has 0 bridgehead atoms. The van der Waals surface area contributed by atoms with Gasteiger partial charge in [0.1, 0.15) is 5.75 Å². The zero-order valence-electron chi connectivity index (χ0n) is 17.6. The average Bonchev–Trinajstić information content (AvgIpc) is 2.77. The summed E-state index contributed by atoms with van der Waals surface area (Å²) in [5.74, 6) is 0.429. The average molecular weight is 439 g/mol. The number of benzene rings is 3. The summed E-state index contributed by atoms with van der Waals surface area (Å²) in [7, 11) is -3.72. The van der Waals surface area contributed by atoms with Crippen molar-refractivity contribution in [2.45, 2.75) is 31.6 Å². The van der Waals surface area contributed by atoms with E-state index in [0.29, 0.717) is 23.5 Å². The van der Waals surface area contributed by atoms with Crippen LogP contribution in [0.5, 0.6) is 5.75 Å². The number of rotatable bonds is 9. The molecule has 0 aliphatic carbocycles. The van der Waals surface area contributed by atoms with Crippen molar-refractivity contribution in [2.24, 2.45) is 0 Å². The number of hydrogen-bond acceptors (Lipinski definition) is 4. The topological polar surface area (TPSA) is 84.5 Å². The molecular formula is C24H26N2O4S. The summed E-state index contributed by atoms with van der Waals surface area (Å²) < 4.78 is 33.5. The lowest BCUT2D eigenvalue weighted by atomic mass is 10.1. The van der Waals surface area contributed by atoms with Gasteiger partial charge in [-0.2, -0.15) is 0 Å². The number of ether oxygens (including phenoxy) is 1. The maximum absolute atomic E-state index is 12.6. The van der Waals surface area contributed by atoms with Crippen molar-refractivity contribution in [3.63, 3.8) is 0 Å². The van der Waals surface area contributed by atoms with Gasteiger partial charge in [-0.05, 0) is 67.4 Å². The molecule has 0 atom stereocenters. The van der Waals surface area contributed by atoms with Gasteiger partial charge in [0.15, 0.2) is 0 Å². The van der Waals surface area contributed by atoms with E-state index in [0.717, 1.165) is 24.2 Å². The molecule has 1 amide bonds. The van der Waals surface area contributed by atoms with E-state index < -0.39 is 10.0 Å². The second-order valence-corrected chi connectivity index (χ2v) is 8.81. The molecule has 0 unspecified atom stereocenters. The standard InChI is InChI=1S/C24H26N2O4S/c1-3-4-16-30-21-14-11-19(12-15-21)24(27)25-20-13-10-18(2)23(17-20)26-31(28,29)22-8-6-5-7-9-22/h5-15,17,26H,3-4,16H2,1-2H3,(H,25,27). The largest absolute Gasteiger partial charge is 0.494 e. The van der Waals surface area contributed by atoms with Crippen molar-refractivity contribution in [1.82, 2.24) is 0 Å². The summed E-state index contributed by atoms with van der Waals surface area (Å²) in [6.45, 7) is 4.54. The highest BCUT2D eigenvalue weighted by molar-refractivity contribution is 7.92. The predicted octanol–water partition coefficient (Wildman–Crippen LogP) is 5.23. The van der Waals surface area contributed by atoms with Gasteiger partial charge in [0.2, 0.25) is 0 Å². The second-order valence-electron chi connectivity index (χ2n) is 7.13. The number of nitrogens with one attached hydrogen (secondary N) is 2. The van der Waals surface area contributed by atoms with Crippen LogP contribution in [0.1, 0.15) is 35.7 Å². The summed E-state index contributed by atoms with van der Waals surface area (Å²) in [6, 6.07) is 20.2. The Kier molecular flexibility index (Phi) is 7.31. The number of sulfonamides is 1. The molecule has 3 aromatic rings. The lowest BCUT2D eigenvalue weighted by Crippen LogP contribution is -2.15. The molecule has 3 aromatic carbocycles. The fourth-order valence-corrected chi connectivity index (χ4v) is 4.00. The minimum Gasteiger partial charge on any atom is -0.494 e. The Hall–Kier alpha value is -3.32. The molecule has 31 heavy (non-hydrogen) atoms. The van der Waals surface area contributed by atoms with Crippen LogP contribution in [-0.2, 0) is 10.0 Å². The molecule has 162 valence electrons. The molecule has 0 heterocycles. The maximum atomic E-state index is 12.6. The third-order valence-corrected chi connectivity index (χ3v) is 6.06. The fourth-order valence-electron chi connectivity index (χ4n) is 2.85. The van der Waals surface area contributed by atoms with Gasteiger partial charge in [-0.25, -0.2) is 8.42 Å². The lowest BCUT2D eigenvalue weighted by Gasteiger charge is -2.13. The van der Waals surface area contributed by atoms with E-state index in [1.807, 2.05) is 0 Å². The molecule has 2 N–H and O–H groups in total. The number of carbonyl (C=O) groups is 1. The summed E-state index contributed by atoms with van der Waals surface area (Å²) >= 11 is 0. The van der Waals surface area contributed by atoms with E-state index in [2.05, 4.69) is 17.0 Å². The van der Waals surface area contributed by atoms with E-state index in [1.54, 1.807) is 67.6 Å². The van der Waals surface area contributed by atoms with Gasteiger partial charge in [0.25, 0.3) is 15.9 Å². The molecule has 0 aromatic heterocycles. The van der Waals surface area contributed by atoms with Crippen LogP contribution < -0.4 is 14.8 Å². The van der Waals surface area contributed by atoms with Crippen molar-refractivity contribution in [1.29, 1.82) is 0 Å². The first-order valence-electron chi connectivity index (χ1n) is 10.1. The molecule has 0 aliphatic rings. The number of aryl methyl sites for hydroxylation is 1. The fraction of sp³-hybridized carbons (Fsp3) is 0.208. The van der Waals surface area contributed by atoms with Crippen LogP contribution in [0.3, 0.4) is 0 Å². The van der Waals surface area contributed by atoms with Crippen LogP contribution >= 0.6 is 0 Å². The van der Waals surface area contributed by atoms with Crippen LogP contribution in [0, 0.1) is 6.92 Å². The number of carbonyl (C=O) groups excluding carboxylic acids is 1. The quantitative estimate of drug-likeness (QED) is 0.448. The number of hydrogen-bond donors (Lipinski definition) is 2. The van der Waals surface area contributed by atoms with E-state index >= 15 is 0 Å². The molecule has 7 heteroatoms. The Balaban J connectivity index is 1.71. The molecule has 0 spiro atoms. The first-order chi connectivity index (χ1) is 14.9. The SMILES string of the molecule is CCCCOc1ccc(C(=O)Nc2ccc(C)c(NS(=O)(=O)c3ccccc3)c2)cc1. The highest BCUT2D eigenvalue weighted by Gasteiger charge is 2.15. The number of amides is 1. The Bertz CT molecular complexity index is 1130. The number of unbranched alkanes of at least 4 members (excludes halogenated alkanes) is 1. The Morgan fingerprint density at radius 3 is 2.35 bits per heavy atom. The maximum Gasteiger partial charge on any atom is 0.261 e. The van der Waals surface area contributed by atoms with Gasteiger partial charge in [0, 0.05) is 11.3 Å². The molecule has 0 fully saturated rings. The predicted molar refractivity (Wildman–Crippen MR) is 123 cm³/mol. The normalized spacial score (nSPS) is 11.0. The van der Waals surface area contributed by atoms with Gasteiger partial charge in [-0.1, -0.05) is 37.6 Å². The third-order valence-electron chi connectivity index (χ3n) is 4.68. The lowest BCUT2D eigenvalue weighted by molar-refractivity contribution is 0.102. The van der Waals surface area contributed by atoms with E-state index in [1.165, 1.54) is 12.1 Å². The summed E-state index contributed by atoms with van der Waals surface area (Å²) in [6.07, 6.45) is 2.03. The molecule has 0 saturated heterocycles. The zero-order chi connectivity index (χ0) is 22.3. The van der Waals surface area contributed by atoms with Crippen LogP contribution in [0.2, 0.25) is 0 Å². The van der Waals surface area contributed by atoms with Crippen molar-refractivity contribution in [3.8, 4) is 5.75 Å². The molecule has 0 aliphatic heterocycles. The molecule has 3 rings (SSSR count). The Morgan fingerprint density at radius 2 is 1.68 bits per heavy atom. The van der Waals surface area contributed by atoms with Crippen LogP contribution in [0.25, 0.3) is 0 Å². The Labute approximate surface area is 183 Å². The van der Waals surface area contributed by atoms with Gasteiger partial charge < -0.3 is 10.1 Å². The zero-order valence-corrected chi connectivity index (χ0v) is 18.4. The molecule has 0 saturated carbocycles. The van der Waals surface area contributed by atoms with Crippen LogP contribution in [-0.4, -0.2) is 20.9 Å². The van der Waals surface area contributed by atoms with E-state index in [-0.39, 0.29) is 10.8 Å². The van der Waals surface area contributed by atoms with Crippen LogP contribution in [0.4, 0.5) is 11.4 Å². The van der Waals surface area contributed by atoms with Crippen molar-refractivity contribution < 1.29 is 17.9 Å². The molecular weight excluding hydrogens is 412 g/mol. The number of anilines is 2. The van der Waals surface area contributed by atoms with Crippen molar-refractivity contribution in [2.75, 3.05) is 16.6 Å². The minimum atomic E-state index is -3.72. The molecule has 0 radical (unpaired) electrons. The highest BCUT2D eigenvalue weighted by atomic mass is 32.2. The van der Waals surface area contributed by atoms with Gasteiger partial charge in [-0.3, -0.25) is 9.52 Å². The summed E-state index contributed by atoms with van der Waals surface area (Å²) in [4.78, 5) is 12.8. The smallest absolute Gasteiger partial charge is 0.261 e. The summed E-state index contributed by atoms with van der Waals surface area (Å²) in [5.41, 5.74) is 2.12. The second kappa shape index (κ2) is 10.1. The van der Waals surface area contributed by atoms with Gasteiger partial charge in [0.05, 0.1) is 17.2 Å². The minimum absolute atomic E-state index is 0.171. The highest BCUT2D eigenvalue weighted by Crippen LogP contribution is 2.24. The van der Waals surface area contributed by atoms with Crippen LogP contribution in [0.15, 0.2) is 77.7 Å². The Morgan fingerprint density at radius 1 is 0.968 bits per heavy atom. The summed E-state index contributed by atoms with van der Waals surface area (Å²) in [5, 5.41) is 2.81. The van der Waals surface area contributed by atoms with Crippen molar-refractivity contribution in [3.05, 3.63) is 83.9 Å². The first kappa shape index (κ1) is 22.4. The first-order valence-corrected chi connectivity index (χ1v) is 11.6. The third kappa shape index (κ3) is 6.08. The van der Waals surface area contributed by atoms with Crippen molar-refractivity contribution >= 4 is 27.3 Å². The van der Waals surface area contributed by atoms with Gasteiger partial charge >= 0.3 is 0 Å². The monoisotopic (exact) mass is 438 g/mol.